The number of benzene rings is 2. The van der Waals surface area contributed by atoms with Crippen LogP contribution in [0.1, 0.15) is 36.9 Å². The van der Waals surface area contributed by atoms with E-state index in [1.807, 2.05) is 0 Å². The molecule has 0 aliphatic carbocycles. The predicted molar refractivity (Wildman–Crippen MR) is 86.6 cm³/mol. The first-order valence-electron chi connectivity index (χ1n) is 6.77. The van der Waals surface area contributed by atoms with Crippen LogP contribution in [0.5, 0.6) is 0 Å². The van der Waals surface area contributed by atoms with Crippen LogP contribution in [0, 0.1) is 6.92 Å². The molecule has 0 radical (unpaired) electrons. The van der Waals surface area contributed by atoms with Crippen molar-refractivity contribution in [1.29, 1.82) is 0 Å². The summed E-state index contributed by atoms with van der Waals surface area (Å²) in [5, 5.41) is 3.65. The second-order valence-corrected chi connectivity index (χ2v) is 5.83. The molecule has 1 nitrogen and oxygen atoms in total. The van der Waals surface area contributed by atoms with Gasteiger partial charge in [0.05, 0.1) is 6.04 Å². The fraction of sp³-hybridized carbons (Fsp3) is 0.294. The van der Waals surface area contributed by atoms with Gasteiger partial charge in [-0.3, -0.25) is 0 Å². The lowest BCUT2D eigenvalue weighted by Crippen LogP contribution is -2.10. The van der Waals surface area contributed by atoms with Gasteiger partial charge in [-0.15, -0.1) is 0 Å². The Morgan fingerprint density at radius 2 is 1.84 bits per heavy atom. The standard InChI is InChI=1S/C17H20BrN/c1-3-7-17(14-8-5-4-6-9-14)19-16-11-13(2)10-15(18)12-16/h4-6,8-12,17,19H,3,7H2,1-2H3. The van der Waals surface area contributed by atoms with Crippen molar-refractivity contribution in [1.82, 2.24) is 0 Å². The lowest BCUT2D eigenvalue weighted by Gasteiger charge is -2.20. The Morgan fingerprint density at radius 3 is 2.47 bits per heavy atom. The zero-order valence-corrected chi connectivity index (χ0v) is 13.1. The number of hydrogen-bond acceptors (Lipinski definition) is 1. The molecule has 2 aromatic rings. The Labute approximate surface area is 124 Å². The van der Waals surface area contributed by atoms with Crippen LogP contribution in [-0.2, 0) is 0 Å². The summed E-state index contributed by atoms with van der Waals surface area (Å²) < 4.78 is 1.12. The van der Waals surface area contributed by atoms with Gasteiger partial charge in [-0.05, 0) is 42.7 Å². The van der Waals surface area contributed by atoms with Crippen molar-refractivity contribution in [3.63, 3.8) is 0 Å². The van der Waals surface area contributed by atoms with Gasteiger partial charge in [0.1, 0.15) is 0 Å². The Morgan fingerprint density at radius 1 is 1.11 bits per heavy atom. The second kappa shape index (κ2) is 6.76. The van der Waals surface area contributed by atoms with Crippen molar-refractivity contribution >= 4 is 21.6 Å². The highest BCUT2D eigenvalue weighted by molar-refractivity contribution is 9.10. The smallest absolute Gasteiger partial charge is 0.0513 e. The van der Waals surface area contributed by atoms with E-state index in [9.17, 15) is 0 Å². The summed E-state index contributed by atoms with van der Waals surface area (Å²) >= 11 is 3.56. The Balaban J connectivity index is 2.21. The van der Waals surface area contributed by atoms with Gasteiger partial charge in [0.25, 0.3) is 0 Å². The van der Waals surface area contributed by atoms with E-state index in [4.69, 9.17) is 0 Å². The molecule has 0 fully saturated rings. The van der Waals surface area contributed by atoms with E-state index >= 15 is 0 Å². The maximum atomic E-state index is 3.65. The van der Waals surface area contributed by atoms with Gasteiger partial charge in [-0.1, -0.05) is 59.6 Å². The van der Waals surface area contributed by atoms with Crippen LogP contribution in [-0.4, -0.2) is 0 Å². The molecule has 0 amide bonds. The summed E-state index contributed by atoms with van der Waals surface area (Å²) in [6.07, 6.45) is 2.30. The first-order chi connectivity index (χ1) is 9.19. The predicted octanol–water partition coefficient (Wildman–Crippen LogP) is 5.71. The number of anilines is 1. The summed E-state index contributed by atoms with van der Waals surface area (Å²) in [6.45, 7) is 4.34. The summed E-state index contributed by atoms with van der Waals surface area (Å²) in [7, 11) is 0. The quantitative estimate of drug-likeness (QED) is 0.744. The zero-order chi connectivity index (χ0) is 13.7. The van der Waals surface area contributed by atoms with Crippen molar-refractivity contribution in [2.45, 2.75) is 32.7 Å². The van der Waals surface area contributed by atoms with E-state index < -0.39 is 0 Å². The zero-order valence-electron chi connectivity index (χ0n) is 11.5. The highest BCUT2D eigenvalue weighted by Crippen LogP contribution is 2.26. The molecule has 2 aromatic carbocycles. The molecule has 0 bridgehead atoms. The van der Waals surface area contributed by atoms with Crippen molar-refractivity contribution < 1.29 is 0 Å². The lowest BCUT2D eigenvalue weighted by atomic mass is 10.0. The van der Waals surface area contributed by atoms with Gasteiger partial charge in [-0.2, -0.15) is 0 Å². The third-order valence-electron chi connectivity index (χ3n) is 3.16. The highest BCUT2D eigenvalue weighted by atomic mass is 79.9. The van der Waals surface area contributed by atoms with Gasteiger partial charge in [0.15, 0.2) is 0 Å². The summed E-state index contributed by atoms with van der Waals surface area (Å²) in [5.41, 5.74) is 3.79. The van der Waals surface area contributed by atoms with Crippen molar-refractivity contribution in [3.8, 4) is 0 Å². The second-order valence-electron chi connectivity index (χ2n) is 4.91. The largest absolute Gasteiger partial charge is 0.378 e. The Bertz CT molecular complexity index is 502. The lowest BCUT2D eigenvalue weighted by molar-refractivity contribution is 0.677. The third kappa shape index (κ3) is 4.10. The van der Waals surface area contributed by atoms with E-state index in [0.29, 0.717) is 6.04 Å². The number of nitrogens with one attached hydrogen (secondary N) is 1. The number of rotatable bonds is 5. The third-order valence-corrected chi connectivity index (χ3v) is 3.62. The molecule has 0 aliphatic rings. The van der Waals surface area contributed by atoms with Crippen LogP contribution in [0.15, 0.2) is 53.0 Å². The minimum absolute atomic E-state index is 0.375. The maximum Gasteiger partial charge on any atom is 0.0513 e. The topological polar surface area (TPSA) is 12.0 Å². The fourth-order valence-electron chi connectivity index (χ4n) is 2.32. The molecule has 1 atom stereocenters. The maximum absolute atomic E-state index is 3.65. The SMILES string of the molecule is CCCC(Nc1cc(C)cc(Br)c1)c1ccccc1. The van der Waals surface area contributed by atoms with Crippen molar-refractivity contribution in [3.05, 3.63) is 64.1 Å². The minimum atomic E-state index is 0.375. The van der Waals surface area contributed by atoms with Crippen LogP contribution < -0.4 is 5.32 Å². The van der Waals surface area contributed by atoms with E-state index in [0.717, 1.165) is 10.9 Å². The van der Waals surface area contributed by atoms with Crippen LogP contribution in [0.25, 0.3) is 0 Å². The molecule has 2 rings (SSSR count). The van der Waals surface area contributed by atoms with Gasteiger partial charge < -0.3 is 5.32 Å². The molecule has 0 heterocycles. The van der Waals surface area contributed by atoms with Crippen LogP contribution >= 0.6 is 15.9 Å². The van der Waals surface area contributed by atoms with Crippen LogP contribution in [0.2, 0.25) is 0 Å². The molecule has 0 spiro atoms. The summed E-state index contributed by atoms with van der Waals surface area (Å²) in [5.74, 6) is 0. The van der Waals surface area contributed by atoms with Crippen molar-refractivity contribution in [2.24, 2.45) is 0 Å². The molecule has 2 heteroatoms. The van der Waals surface area contributed by atoms with Gasteiger partial charge >= 0.3 is 0 Å². The first-order valence-corrected chi connectivity index (χ1v) is 7.57. The summed E-state index contributed by atoms with van der Waals surface area (Å²) in [4.78, 5) is 0. The fourth-order valence-corrected chi connectivity index (χ4v) is 2.92. The minimum Gasteiger partial charge on any atom is -0.378 e. The van der Waals surface area contributed by atoms with Gasteiger partial charge in [0.2, 0.25) is 0 Å². The molecule has 1 N–H and O–H groups in total. The Kier molecular flexibility index (Phi) is 5.03. The molecule has 100 valence electrons. The average molecular weight is 318 g/mol. The molecule has 0 aliphatic heterocycles. The van der Waals surface area contributed by atoms with E-state index in [2.05, 4.69) is 83.6 Å². The molecular formula is C17H20BrN. The van der Waals surface area contributed by atoms with E-state index in [-0.39, 0.29) is 0 Å². The highest BCUT2D eigenvalue weighted by Gasteiger charge is 2.10. The molecule has 0 saturated heterocycles. The first kappa shape index (κ1) is 14.1. The van der Waals surface area contributed by atoms with E-state index in [1.54, 1.807) is 0 Å². The van der Waals surface area contributed by atoms with Crippen LogP contribution in [0.4, 0.5) is 5.69 Å². The van der Waals surface area contributed by atoms with Gasteiger partial charge in [0, 0.05) is 10.2 Å². The number of halogens is 1. The molecular weight excluding hydrogens is 298 g/mol. The Hall–Kier alpha value is -1.28. The molecule has 19 heavy (non-hydrogen) atoms. The molecule has 1 unspecified atom stereocenters. The normalized spacial score (nSPS) is 12.2. The summed E-state index contributed by atoms with van der Waals surface area (Å²) in [6, 6.07) is 17.5. The van der Waals surface area contributed by atoms with E-state index in [1.165, 1.54) is 23.2 Å². The van der Waals surface area contributed by atoms with Gasteiger partial charge in [-0.25, -0.2) is 0 Å². The molecule has 0 saturated carbocycles. The number of aryl methyl sites for hydroxylation is 1. The number of hydrogen-bond donors (Lipinski definition) is 1. The van der Waals surface area contributed by atoms with Crippen molar-refractivity contribution in [2.75, 3.05) is 5.32 Å². The monoisotopic (exact) mass is 317 g/mol. The molecule has 0 aromatic heterocycles. The average Bonchev–Trinajstić information content (AvgIpc) is 2.38. The van der Waals surface area contributed by atoms with Crippen LogP contribution in [0.3, 0.4) is 0 Å².